The van der Waals surface area contributed by atoms with Crippen molar-refractivity contribution in [1.82, 2.24) is 0 Å². The average Bonchev–Trinajstić information content (AvgIpc) is 3.22. The minimum atomic E-state index is -0.981. The Morgan fingerprint density at radius 3 is 2.55 bits per heavy atom. The molecule has 1 N–H and O–H groups in total. The molecule has 0 radical (unpaired) electrons. The molecule has 2 aromatic carbocycles. The molecule has 0 saturated carbocycles. The molecule has 0 bridgehead atoms. The molecule has 0 aliphatic heterocycles. The van der Waals surface area contributed by atoms with Gasteiger partial charge in [-0.2, -0.15) is 5.26 Å². The first-order valence-corrected chi connectivity index (χ1v) is 9.20. The normalized spacial score (nSPS) is 11.3. The number of hydrogen-bond acceptors (Lipinski definition) is 5. The number of nitrogens with zero attached hydrogens (tertiary/aromatic N) is 1. The van der Waals surface area contributed by atoms with Crippen molar-refractivity contribution in [2.45, 2.75) is 25.9 Å². The zero-order valence-electron chi connectivity index (χ0n) is 15.9. The van der Waals surface area contributed by atoms with E-state index in [-0.39, 0.29) is 6.42 Å². The maximum Gasteiger partial charge on any atom is 0.307 e. The fourth-order valence-electron chi connectivity index (χ4n) is 2.73. The summed E-state index contributed by atoms with van der Waals surface area (Å²) in [7, 11) is 0. The first-order valence-electron chi connectivity index (χ1n) is 9.20. The molecule has 0 saturated heterocycles. The minimum Gasteiger partial charge on any atom is -0.461 e. The van der Waals surface area contributed by atoms with Gasteiger partial charge in [-0.3, -0.25) is 9.59 Å². The summed E-state index contributed by atoms with van der Waals surface area (Å²) in [5, 5.41) is 11.7. The van der Waals surface area contributed by atoms with E-state index in [1.807, 2.05) is 48.5 Å². The lowest BCUT2D eigenvalue weighted by Crippen LogP contribution is -2.30. The molecule has 0 aliphatic rings. The van der Waals surface area contributed by atoms with Crippen LogP contribution in [-0.2, 0) is 20.7 Å². The van der Waals surface area contributed by atoms with Crippen LogP contribution >= 0.6 is 0 Å². The van der Waals surface area contributed by atoms with Crippen molar-refractivity contribution in [2.75, 3.05) is 5.32 Å². The Balaban J connectivity index is 1.50. The highest BCUT2D eigenvalue weighted by Gasteiger charge is 2.19. The number of benzene rings is 2. The van der Waals surface area contributed by atoms with E-state index in [1.54, 1.807) is 24.3 Å². The van der Waals surface area contributed by atoms with Crippen LogP contribution in [0.1, 0.15) is 24.7 Å². The fraction of sp³-hybridized carbons (Fsp3) is 0.174. The highest BCUT2D eigenvalue weighted by atomic mass is 16.5. The fourth-order valence-corrected chi connectivity index (χ4v) is 2.73. The van der Waals surface area contributed by atoms with Gasteiger partial charge in [0.25, 0.3) is 5.91 Å². The molecule has 1 unspecified atom stereocenters. The lowest BCUT2D eigenvalue weighted by atomic mass is 10.2. The van der Waals surface area contributed by atoms with E-state index < -0.39 is 18.0 Å². The number of para-hydroxylation sites is 1. The maximum atomic E-state index is 12.2. The number of rotatable bonds is 7. The average molecular weight is 388 g/mol. The van der Waals surface area contributed by atoms with Crippen LogP contribution in [0, 0.1) is 11.3 Å². The Bertz CT molecular complexity index is 1030. The summed E-state index contributed by atoms with van der Waals surface area (Å²) in [6, 6.07) is 22.0. The first kappa shape index (κ1) is 19.9. The summed E-state index contributed by atoms with van der Waals surface area (Å²) in [6.07, 6.45) is -0.517. The van der Waals surface area contributed by atoms with E-state index in [2.05, 4.69) is 5.32 Å². The van der Waals surface area contributed by atoms with Crippen molar-refractivity contribution in [2.24, 2.45) is 0 Å². The Kier molecular flexibility index (Phi) is 6.43. The number of nitriles is 1. The van der Waals surface area contributed by atoms with Crippen LogP contribution in [0.15, 0.2) is 71.1 Å². The number of nitrogens with one attached hydrogen (secondary N) is 1. The number of carbonyl (C=O) groups is 2. The summed E-state index contributed by atoms with van der Waals surface area (Å²) in [5.41, 5.74) is 1.68. The maximum absolute atomic E-state index is 12.2. The number of anilines is 1. The number of esters is 1. The van der Waals surface area contributed by atoms with E-state index >= 15 is 0 Å². The molecule has 1 heterocycles. The molecule has 3 rings (SSSR count). The van der Waals surface area contributed by atoms with E-state index in [9.17, 15) is 9.59 Å². The first-order chi connectivity index (χ1) is 14.1. The van der Waals surface area contributed by atoms with Crippen LogP contribution in [0.2, 0.25) is 0 Å². The smallest absolute Gasteiger partial charge is 0.307 e. The Morgan fingerprint density at radius 2 is 1.79 bits per heavy atom. The van der Waals surface area contributed by atoms with Gasteiger partial charge in [-0.15, -0.1) is 0 Å². The number of ether oxygens (including phenoxy) is 1. The van der Waals surface area contributed by atoms with Gasteiger partial charge in [-0.25, -0.2) is 0 Å². The van der Waals surface area contributed by atoms with Gasteiger partial charge in [0, 0.05) is 12.0 Å². The molecule has 1 aromatic heterocycles. The quantitative estimate of drug-likeness (QED) is 0.609. The molecule has 1 atom stereocenters. The van der Waals surface area contributed by atoms with Crippen LogP contribution in [0.3, 0.4) is 0 Å². The van der Waals surface area contributed by atoms with Gasteiger partial charge >= 0.3 is 5.97 Å². The van der Waals surface area contributed by atoms with E-state index in [0.29, 0.717) is 23.4 Å². The van der Waals surface area contributed by atoms with Gasteiger partial charge in [0.05, 0.1) is 17.7 Å². The number of carbonyl (C=O) groups excluding carboxylic acids is 2. The van der Waals surface area contributed by atoms with Gasteiger partial charge in [0.1, 0.15) is 17.6 Å². The highest BCUT2D eigenvalue weighted by molar-refractivity contribution is 5.96. The van der Waals surface area contributed by atoms with Gasteiger partial charge in [-0.1, -0.05) is 42.5 Å². The van der Waals surface area contributed by atoms with Crippen molar-refractivity contribution >= 4 is 17.6 Å². The van der Waals surface area contributed by atoms with Crippen LogP contribution in [0.5, 0.6) is 0 Å². The van der Waals surface area contributed by atoms with Crippen LogP contribution in [0.25, 0.3) is 11.3 Å². The van der Waals surface area contributed by atoms with E-state index in [0.717, 1.165) is 11.3 Å². The zero-order valence-corrected chi connectivity index (χ0v) is 15.9. The number of amides is 1. The Labute approximate surface area is 168 Å². The second-order valence-corrected chi connectivity index (χ2v) is 6.41. The monoisotopic (exact) mass is 388 g/mol. The lowest BCUT2D eigenvalue weighted by molar-refractivity contribution is -0.153. The third-order valence-electron chi connectivity index (χ3n) is 4.28. The minimum absolute atomic E-state index is 0.0914. The molecule has 0 fully saturated rings. The summed E-state index contributed by atoms with van der Waals surface area (Å²) >= 11 is 0. The molecule has 6 heteroatoms. The van der Waals surface area contributed by atoms with Crippen molar-refractivity contribution in [3.05, 3.63) is 78.1 Å². The Morgan fingerprint density at radius 1 is 1.07 bits per heavy atom. The summed E-state index contributed by atoms with van der Waals surface area (Å²) < 4.78 is 11.0. The molecule has 29 heavy (non-hydrogen) atoms. The number of furan rings is 1. The zero-order chi connectivity index (χ0) is 20.6. The summed E-state index contributed by atoms with van der Waals surface area (Å²) in [6.45, 7) is 1.49. The standard InChI is InChI=1S/C23H20N2O4/c1-16(23(27)25-20-10-6-5-9-18(20)15-24)28-22(26)14-12-19-11-13-21(29-19)17-7-3-2-4-8-17/h2-11,13,16H,12,14H2,1H3,(H,25,27). The highest BCUT2D eigenvalue weighted by Crippen LogP contribution is 2.22. The Hall–Kier alpha value is -3.85. The predicted octanol–water partition coefficient (Wildman–Crippen LogP) is 4.32. The summed E-state index contributed by atoms with van der Waals surface area (Å²) in [5.74, 6) is 0.406. The molecule has 146 valence electrons. The topological polar surface area (TPSA) is 92.3 Å². The van der Waals surface area contributed by atoms with Crippen LogP contribution in [-0.4, -0.2) is 18.0 Å². The van der Waals surface area contributed by atoms with Crippen molar-refractivity contribution in [3.8, 4) is 17.4 Å². The van der Waals surface area contributed by atoms with Gasteiger partial charge < -0.3 is 14.5 Å². The van der Waals surface area contributed by atoms with Crippen molar-refractivity contribution in [1.29, 1.82) is 5.26 Å². The third-order valence-corrected chi connectivity index (χ3v) is 4.28. The third kappa shape index (κ3) is 5.33. The van der Waals surface area contributed by atoms with Gasteiger partial charge in [0.15, 0.2) is 6.10 Å². The second kappa shape index (κ2) is 9.38. The molecule has 0 spiro atoms. The van der Waals surface area contributed by atoms with Crippen molar-refractivity contribution < 1.29 is 18.7 Å². The lowest BCUT2D eigenvalue weighted by Gasteiger charge is -2.14. The number of hydrogen-bond donors (Lipinski definition) is 1. The second-order valence-electron chi connectivity index (χ2n) is 6.41. The van der Waals surface area contributed by atoms with Crippen LogP contribution < -0.4 is 5.32 Å². The molecular formula is C23H20N2O4. The molecule has 6 nitrogen and oxygen atoms in total. The molecule has 3 aromatic rings. The summed E-state index contributed by atoms with van der Waals surface area (Å²) in [4.78, 5) is 24.3. The van der Waals surface area contributed by atoms with Gasteiger partial charge in [0.2, 0.25) is 0 Å². The van der Waals surface area contributed by atoms with Gasteiger partial charge in [-0.05, 0) is 31.2 Å². The van der Waals surface area contributed by atoms with Crippen LogP contribution in [0.4, 0.5) is 5.69 Å². The van der Waals surface area contributed by atoms with E-state index in [4.69, 9.17) is 14.4 Å². The largest absolute Gasteiger partial charge is 0.461 e. The molecular weight excluding hydrogens is 368 g/mol. The number of aryl methyl sites for hydroxylation is 1. The SMILES string of the molecule is CC(OC(=O)CCc1ccc(-c2ccccc2)o1)C(=O)Nc1ccccc1C#N. The van der Waals surface area contributed by atoms with Crippen molar-refractivity contribution in [3.63, 3.8) is 0 Å². The predicted molar refractivity (Wildman–Crippen MR) is 108 cm³/mol. The molecule has 0 aliphatic carbocycles. The molecule has 1 amide bonds. The van der Waals surface area contributed by atoms with E-state index in [1.165, 1.54) is 6.92 Å².